The predicted octanol–water partition coefficient (Wildman–Crippen LogP) is 4.63. The van der Waals surface area contributed by atoms with E-state index in [4.69, 9.17) is 4.74 Å². The molecule has 0 radical (unpaired) electrons. The quantitative estimate of drug-likeness (QED) is 0.527. The first-order chi connectivity index (χ1) is 14.3. The van der Waals surface area contributed by atoms with Crippen LogP contribution in [0.1, 0.15) is 22.8 Å². The maximum absolute atomic E-state index is 13.3. The topological polar surface area (TPSA) is 64.1 Å². The Morgan fingerprint density at radius 3 is 2.45 bits per heavy atom. The van der Waals surface area contributed by atoms with Crippen LogP contribution in [-0.4, -0.2) is 22.7 Å². The van der Waals surface area contributed by atoms with E-state index in [1.165, 1.54) is 0 Å². The first-order valence-corrected chi connectivity index (χ1v) is 9.57. The smallest absolute Gasteiger partial charge is 0.254 e. The molecule has 1 aromatic heterocycles. The first kappa shape index (κ1) is 18.6. The fourth-order valence-electron chi connectivity index (χ4n) is 3.29. The zero-order valence-corrected chi connectivity index (χ0v) is 16.1. The summed E-state index contributed by atoms with van der Waals surface area (Å²) in [7, 11) is 0. The van der Waals surface area contributed by atoms with Crippen LogP contribution in [0.2, 0.25) is 0 Å². The number of para-hydroxylation sites is 1. The predicted molar refractivity (Wildman–Crippen MR) is 114 cm³/mol. The second kappa shape index (κ2) is 8.52. The monoisotopic (exact) mass is 383 g/mol. The lowest BCUT2D eigenvalue weighted by Gasteiger charge is -2.14. The molecule has 4 rings (SSSR count). The van der Waals surface area contributed by atoms with E-state index in [1.807, 2.05) is 85.8 Å². The molecule has 144 valence electrons. The van der Waals surface area contributed by atoms with Crippen LogP contribution in [0, 0.1) is 0 Å². The zero-order valence-electron chi connectivity index (χ0n) is 16.1. The molecule has 0 saturated heterocycles. The van der Waals surface area contributed by atoms with Crippen LogP contribution in [0.4, 0.5) is 0 Å². The molecule has 29 heavy (non-hydrogen) atoms. The van der Waals surface area contributed by atoms with Crippen LogP contribution in [0.5, 0.6) is 5.75 Å². The van der Waals surface area contributed by atoms with Crippen molar-refractivity contribution in [2.75, 3.05) is 6.61 Å². The van der Waals surface area contributed by atoms with Crippen LogP contribution in [-0.2, 0) is 6.54 Å². The lowest BCUT2D eigenvalue weighted by molar-refractivity contribution is 0.0952. The highest BCUT2D eigenvalue weighted by Gasteiger charge is 2.19. The summed E-state index contributed by atoms with van der Waals surface area (Å²) >= 11 is 0. The maximum Gasteiger partial charge on any atom is 0.254 e. The van der Waals surface area contributed by atoms with Gasteiger partial charge in [0.05, 0.1) is 17.7 Å². The Labute approximate surface area is 169 Å². The third kappa shape index (κ3) is 3.94. The van der Waals surface area contributed by atoms with E-state index in [9.17, 15) is 4.79 Å². The van der Waals surface area contributed by atoms with Gasteiger partial charge in [-0.1, -0.05) is 66.7 Å². The molecular weight excluding hydrogens is 362 g/mol. The van der Waals surface area contributed by atoms with E-state index in [2.05, 4.69) is 15.5 Å². The van der Waals surface area contributed by atoms with Crippen molar-refractivity contribution in [3.63, 3.8) is 0 Å². The molecule has 0 atom stereocenters. The number of nitrogens with one attached hydrogen (secondary N) is 1. The minimum atomic E-state index is -0.193. The molecule has 5 nitrogen and oxygen atoms in total. The minimum absolute atomic E-state index is 0.193. The Balaban J connectivity index is 1.72. The molecule has 0 saturated carbocycles. The van der Waals surface area contributed by atoms with Crippen molar-refractivity contribution < 1.29 is 9.53 Å². The van der Waals surface area contributed by atoms with Gasteiger partial charge in [-0.3, -0.25) is 4.79 Å². The largest absolute Gasteiger partial charge is 0.494 e. The number of nitrogens with zero attached hydrogens (tertiary/aromatic N) is 2. The van der Waals surface area contributed by atoms with E-state index in [0.29, 0.717) is 29.9 Å². The van der Waals surface area contributed by atoms with E-state index >= 15 is 0 Å². The van der Waals surface area contributed by atoms with Gasteiger partial charge in [0.2, 0.25) is 0 Å². The number of rotatable bonds is 6. The number of carbonyl (C=O) groups is 1. The molecule has 1 heterocycles. The van der Waals surface area contributed by atoms with E-state index in [0.717, 1.165) is 22.3 Å². The molecule has 0 aliphatic heterocycles. The molecule has 0 bridgehead atoms. The first-order valence-electron chi connectivity index (χ1n) is 9.57. The van der Waals surface area contributed by atoms with Crippen molar-refractivity contribution >= 4 is 16.8 Å². The Morgan fingerprint density at radius 1 is 0.897 bits per heavy atom. The molecule has 0 aliphatic carbocycles. The van der Waals surface area contributed by atoms with Gasteiger partial charge in [0.1, 0.15) is 11.4 Å². The zero-order chi connectivity index (χ0) is 20.1. The van der Waals surface area contributed by atoms with Crippen LogP contribution < -0.4 is 10.1 Å². The van der Waals surface area contributed by atoms with Crippen LogP contribution in [0.3, 0.4) is 0 Å². The molecule has 0 unspecified atom stereocenters. The Hall–Kier alpha value is -3.73. The van der Waals surface area contributed by atoms with E-state index in [1.54, 1.807) is 0 Å². The van der Waals surface area contributed by atoms with Gasteiger partial charge in [-0.25, -0.2) is 0 Å². The van der Waals surface area contributed by atoms with Crippen molar-refractivity contribution in [1.29, 1.82) is 0 Å². The Kier molecular flexibility index (Phi) is 5.47. The third-order valence-electron chi connectivity index (χ3n) is 4.65. The van der Waals surface area contributed by atoms with Gasteiger partial charge in [-0.05, 0) is 19.1 Å². The van der Waals surface area contributed by atoms with Crippen LogP contribution >= 0.6 is 0 Å². The summed E-state index contributed by atoms with van der Waals surface area (Å²) in [5.74, 6) is 0.581. The van der Waals surface area contributed by atoms with Crippen LogP contribution in [0.25, 0.3) is 22.2 Å². The lowest BCUT2D eigenvalue weighted by atomic mass is 10.0. The van der Waals surface area contributed by atoms with Crippen molar-refractivity contribution in [3.05, 3.63) is 90.0 Å². The maximum atomic E-state index is 13.3. The number of hydrogen-bond acceptors (Lipinski definition) is 4. The van der Waals surface area contributed by atoms with Crippen molar-refractivity contribution in [2.45, 2.75) is 13.5 Å². The average molecular weight is 383 g/mol. The molecular formula is C24H21N3O2. The number of hydrogen-bond donors (Lipinski definition) is 1. The molecule has 0 fully saturated rings. The van der Waals surface area contributed by atoms with Gasteiger partial charge in [0.15, 0.2) is 0 Å². The van der Waals surface area contributed by atoms with Gasteiger partial charge >= 0.3 is 0 Å². The molecule has 3 aromatic carbocycles. The molecule has 4 aromatic rings. The number of benzene rings is 3. The molecule has 5 heteroatoms. The summed E-state index contributed by atoms with van der Waals surface area (Å²) in [4.78, 5) is 13.3. The molecule has 0 aliphatic rings. The summed E-state index contributed by atoms with van der Waals surface area (Å²) in [5, 5.41) is 12.5. The highest BCUT2D eigenvalue weighted by molar-refractivity contribution is 6.10. The fourth-order valence-corrected chi connectivity index (χ4v) is 3.29. The Morgan fingerprint density at radius 2 is 1.62 bits per heavy atom. The summed E-state index contributed by atoms with van der Waals surface area (Å²) < 4.78 is 5.66. The van der Waals surface area contributed by atoms with Crippen molar-refractivity contribution in [1.82, 2.24) is 15.5 Å². The van der Waals surface area contributed by atoms with Crippen molar-refractivity contribution in [2.24, 2.45) is 0 Å². The average Bonchev–Trinajstić information content (AvgIpc) is 2.78. The molecule has 1 N–H and O–H groups in total. The number of carbonyl (C=O) groups excluding carboxylic acids is 1. The summed E-state index contributed by atoms with van der Waals surface area (Å²) in [6.07, 6.45) is 0. The third-order valence-corrected chi connectivity index (χ3v) is 4.65. The van der Waals surface area contributed by atoms with Gasteiger partial charge in [-0.2, -0.15) is 0 Å². The highest BCUT2D eigenvalue weighted by Crippen LogP contribution is 2.27. The van der Waals surface area contributed by atoms with E-state index in [-0.39, 0.29) is 5.91 Å². The lowest BCUT2D eigenvalue weighted by Crippen LogP contribution is -2.24. The summed E-state index contributed by atoms with van der Waals surface area (Å²) in [6.45, 7) is 2.87. The van der Waals surface area contributed by atoms with Gasteiger partial charge < -0.3 is 10.1 Å². The van der Waals surface area contributed by atoms with Gasteiger partial charge in [0.25, 0.3) is 5.91 Å². The number of fused-ring (bicyclic) bond motifs is 1. The number of ether oxygens (including phenoxy) is 1. The minimum Gasteiger partial charge on any atom is -0.494 e. The van der Waals surface area contributed by atoms with Gasteiger partial charge in [-0.15, -0.1) is 10.2 Å². The fraction of sp³-hybridized carbons (Fsp3) is 0.125. The second-order valence-corrected chi connectivity index (χ2v) is 6.53. The van der Waals surface area contributed by atoms with E-state index < -0.39 is 0 Å². The number of amides is 1. The SMILES string of the molecule is CCOc1ccccc1CNC(=O)c1c(-c2ccccc2)nnc2ccccc12. The molecule has 0 spiro atoms. The summed E-state index contributed by atoms with van der Waals surface area (Å²) in [5.41, 5.74) is 3.56. The molecule has 1 amide bonds. The Bertz CT molecular complexity index is 1140. The summed E-state index contributed by atoms with van der Waals surface area (Å²) in [6, 6.07) is 24.9. The van der Waals surface area contributed by atoms with Crippen molar-refractivity contribution in [3.8, 4) is 17.0 Å². The number of aromatic nitrogens is 2. The normalized spacial score (nSPS) is 10.7. The van der Waals surface area contributed by atoms with Crippen LogP contribution in [0.15, 0.2) is 78.9 Å². The standard InChI is InChI=1S/C24H21N3O2/c1-2-29-21-15-9-6-12-18(21)16-25-24(28)22-19-13-7-8-14-20(19)26-27-23(22)17-10-4-3-5-11-17/h3-15H,2,16H2,1H3,(H,25,28). The highest BCUT2D eigenvalue weighted by atomic mass is 16.5. The second-order valence-electron chi connectivity index (χ2n) is 6.53. The van der Waals surface area contributed by atoms with Gasteiger partial charge in [0, 0.05) is 23.1 Å².